The number of benzene rings is 1. The second-order valence-electron chi connectivity index (χ2n) is 7.98. The van der Waals surface area contributed by atoms with Crippen LogP contribution < -0.4 is 10.6 Å². The van der Waals surface area contributed by atoms with Crippen LogP contribution in [0.2, 0.25) is 0 Å². The number of thioether (sulfide) groups is 1. The van der Waals surface area contributed by atoms with Gasteiger partial charge in [-0.25, -0.2) is 4.98 Å². The molecule has 1 amide bonds. The summed E-state index contributed by atoms with van der Waals surface area (Å²) >= 11 is 1.58. The Morgan fingerprint density at radius 2 is 1.97 bits per heavy atom. The predicted molar refractivity (Wildman–Crippen MR) is 129 cm³/mol. The van der Waals surface area contributed by atoms with E-state index in [9.17, 15) is 4.79 Å². The van der Waals surface area contributed by atoms with Gasteiger partial charge in [0.25, 0.3) is 5.91 Å². The Morgan fingerprint density at radius 3 is 2.74 bits per heavy atom. The Bertz CT molecular complexity index is 880. The lowest BCUT2D eigenvalue weighted by Gasteiger charge is -2.37. The Hall–Kier alpha value is -1.86. The standard InChI is InChI=1S/C24H29N3O2S.ClH/c1-29-22-14-19-16-25-15-18(19)13-21(22)27-23(28)20-10-5-11-26-24(20)30-12-6-9-17-7-3-2-4-8-17;/h2-11,18-19,21-22,25H,12-16H2,1H3,(H,27,28);1H/b9-6+;/t18-,19+,21-,22-;/m0./s1. The van der Waals surface area contributed by atoms with Gasteiger partial charge in [0.05, 0.1) is 17.7 Å². The lowest BCUT2D eigenvalue weighted by Crippen LogP contribution is -2.50. The number of methoxy groups -OCH3 is 1. The minimum absolute atomic E-state index is 0. The zero-order chi connectivity index (χ0) is 20.8. The highest BCUT2D eigenvalue weighted by Gasteiger charge is 2.40. The van der Waals surface area contributed by atoms with Gasteiger partial charge in [0.15, 0.2) is 0 Å². The fourth-order valence-corrected chi connectivity index (χ4v) is 5.29. The van der Waals surface area contributed by atoms with Crippen molar-refractivity contribution in [1.82, 2.24) is 15.6 Å². The van der Waals surface area contributed by atoms with Crippen molar-refractivity contribution in [3.05, 3.63) is 65.9 Å². The van der Waals surface area contributed by atoms with Gasteiger partial charge in [0.1, 0.15) is 5.03 Å². The van der Waals surface area contributed by atoms with E-state index in [1.807, 2.05) is 30.3 Å². The molecule has 31 heavy (non-hydrogen) atoms. The van der Waals surface area contributed by atoms with E-state index in [1.165, 1.54) is 5.56 Å². The van der Waals surface area contributed by atoms with Gasteiger partial charge in [0.2, 0.25) is 0 Å². The van der Waals surface area contributed by atoms with Gasteiger partial charge in [-0.3, -0.25) is 4.79 Å². The van der Waals surface area contributed by atoms with Crippen molar-refractivity contribution in [3.63, 3.8) is 0 Å². The Labute approximate surface area is 194 Å². The normalized spacial score (nSPS) is 25.1. The van der Waals surface area contributed by atoms with E-state index < -0.39 is 0 Å². The van der Waals surface area contributed by atoms with Crippen LogP contribution in [0.25, 0.3) is 6.08 Å². The largest absolute Gasteiger partial charge is 0.379 e. The maximum absolute atomic E-state index is 13.1. The number of rotatable bonds is 7. The topological polar surface area (TPSA) is 63.2 Å². The highest BCUT2D eigenvalue weighted by atomic mass is 35.5. The molecule has 0 radical (unpaired) electrons. The molecule has 1 aliphatic heterocycles. The number of amides is 1. The van der Waals surface area contributed by atoms with E-state index in [2.05, 4.69) is 39.9 Å². The molecule has 1 aromatic carbocycles. The summed E-state index contributed by atoms with van der Waals surface area (Å²) in [5.41, 5.74) is 1.80. The van der Waals surface area contributed by atoms with Crippen LogP contribution >= 0.6 is 24.2 Å². The van der Waals surface area contributed by atoms with Crippen LogP contribution in [0, 0.1) is 11.8 Å². The first-order valence-electron chi connectivity index (χ1n) is 10.6. The summed E-state index contributed by atoms with van der Waals surface area (Å²) in [4.78, 5) is 17.5. The number of ether oxygens (including phenoxy) is 1. The molecular formula is C24H30ClN3O2S. The van der Waals surface area contributed by atoms with Crippen molar-refractivity contribution >= 4 is 36.2 Å². The minimum Gasteiger partial charge on any atom is -0.379 e. The van der Waals surface area contributed by atoms with Crippen molar-refractivity contribution in [2.24, 2.45) is 11.8 Å². The number of hydrogen-bond donors (Lipinski definition) is 2. The lowest BCUT2D eigenvalue weighted by molar-refractivity contribution is 0.0125. The fraction of sp³-hybridized carbons (Fsp3) is 0.417. The third kappa shape index (κ3) is 6.10. The van der Waals surface area contributed by atoms with Gasteiger partial charge in [-0.1, -0.05) is 42.5 Å². The fourth-order valence-electron chi connectivity index (χ4n) is 4.49. The van der Waals surface area contributed by atoms with E-state index in [1.54, 1.807) is 25.1 Å². The molecule has 1 saturated carbocycles. The van der Waals surface area contributed by atoms with E-state index in [4.69, 9.17) is 4.74 Å². The molecule has 4 rings (SSSR count). The molecule has 1 aliphatic carbocycles. The number of carbonyl (C=O) groups excluding carboxylic acids is 1. The monoisotopic (exact) mass is 459 g/mol. The summed E-state index contributed by atoms with van der Waals surface area (Å²) in [5.74, 6) is 1.97. The Balaban J connectivity index is 0.00000272. The van der Waals surface area contributed by atoms with E-state index in [-0.39, 0.29) is 30.5 Å². The molecule has 0 bridgehead atoms. The maximum atomic E-state index is 13.1. The molecule has 0 spiro atoms. The first-order chi connectivity index (χ1) is 14.7. The second-order valence-corrected chi connectivity index (χ2v) is 8.99. The number of fused-ring (bicyclic) bond motifs is 1. The van der Waals surface area contributed by atoms with Gasteiger partial charge in [-0.05, 0) is 55.5 Å². The second kappa shape index (κ2) is 11.7. The minimum atomic E-state index is -0.0610. The molecule has 2 N–H and O–H groups in total. The third-order valence-electron chi connectivity index (χ3n) is 6.08. The number of aromatic nitrogens is 1. The van der Waals surface area contributed by atoms with Gasteiger partial charge in [-0.2, -0.15) is 0 Å². The summed E-state index contributed by atoms with van der Waals surface area (Å²) in [7, 11) is 1.75. The van der Waals surface area contributed by atoms with Gasteiger partial charge >= 0.3 is 0 Å². The summed E-state index contributed by atoms with van der Waals surface area (Å²) in [6.07, 6.45) is 7.96. The molecule has 166 valence electrons. The summed E-state index contributed by atoms with van der Waals surface area (Å²) < 4.78 is 5.73. The lowest BCUT2D eigenvalue weighted by atomic mass is 9.77. The maximum Gasteiger partial charge on any atom is 0.254 e. The molecule has 2 heterocycles. The van der Waals surface area contributed by atoms with Crippen molar-refractivity contribution in [2.75, 3.05) is 26.0 Å². The molecule has 1 saturated heterocycles. The Morgan fingerprint density at radius 1 is 1.19 bits per heavy atom. The zero-order valence-electron chi connectivity index (χ0n) is 17.7. The number of halogens is 1. The summed E-state index contributed by atoms with van der Waals surface area (Å²) in [6, 6.07) is 13.9. The molecule has 2 aromatic rings. The van der Waals surface area contributed by atoms with Gasteiger partial charge in [0, 0.05) is 19.1 Å². The first-order valence-corrected chi connectivity index (χ1v) is 11.6. The number of pyridine rings is 1. The quantitative estimate of drug-likeness (QED) is 0.611. The van der Waals surface area contributed by atoms with Crippen LogP contribution in [-0.4, -0.2) is 49.0 Å². The number of nitrogens with zero attached hydrogens (tertiary/aromatic N) is 1. The highest BCUT2D eigenvalue weighted by Crippen LogP contribution is 2.34. The van der Waals surface area contributed by atoms with Gasteiger partial charge in [-0.15, -0.1) is 24.2 Å². The highest BCUT2D eigenvalue weighted by molar-refractivity contribution is 7.99. The SMILES string of the molecule is CO[C@H]1C[C@@H]2CNC[C@@H]2C[C@@H]1NC(=O)c1cccnc1SC/C=C/c1ccccc1.Cl. The molecule has 2 fully saturated rings. The van der Waals surface area contributed by atoms with Crippen LogP contribution in [0.5, 0.6) is 0 Å². The molecule has 2 aliphatic rings. The van der Waals surface area contributed by atoms with Crippen molar-refractivity contribution in [2.45, 2.75) is 30.0 Å². The van der Waals surface area contributed by atoms with Crippen LogP contribution in [-0.2, 0) is 4.74 Å². The van der Waals surface area contributed by atoms with E-state index in [0.29, 0.717) is 17.4 Å². The summed E-state index contributed by atoms with van der Waals surface area (Å²) in [6.45, 7) is 2.10. The smallest absolute Gasteiger partial charge is 0.254 e. The van der Waals surface area contributed by atoms with Crippen LogP contribution in [0.3, 0.4) is 0 Å². The number of hydrogen-bond acceptors (Lipinski definition) is 5. The molecule has 0 unspecified atom stereocenters. The molecule has 7 heteroatoms. The van der Waals surface area contributed by atoms with Crippen LogP contribution in [0.4, 0.5) is 0 Å². The van der Waals surface area contributed by atoms with Gasteiger partial charge < -0.3 is 15.4 Å². The summed E-state index contributed by atoms with van der Waals surface area (Å²) in [5, 5.41) is 7.48. The molecular weight excluding hydrogens is 430 g/mol. The number of carbonyl (C=O) groups is 1. The average Bonchev–Trinajstić information content (AvgIpc) is 3.24. The third-order valence-corrected chi connectivity index (χ3v) is 7.04. The van der Waals surface area contributed by atoms with E-state index >= 15 is 0 Å². The van der Waals surface area contributed by atoms with Crippen molar-refractivity contribution < 1.29 is 9.53 Å². The predicted octanol–water partition coefficient (Wildman–Crippen LogP) is 4.05. The molecule has 4 atom stereocenters. The molecule has 1 aromatic heterocycles. The van der Waals surface area contributed by atoms with Crippen molar-refractivity contribution in [1.29, 1.82) is 0 Å². The zero-order valence-corrected chi connectivity index (χ0v) is 19.3. The van der Waals surface area contributed by atoms with Crippen molar-refractivity contribution in [3.8, 4) is 0 Å². The van der Waals surface area contributed by atoms with E-state index in [0.717, 1.165) is 36.7 Å². The van der Waals surface area contributed by atoms with Crippen LogP contribution in [0.1, 0.15) is 28.8 Å². The Kier molecular flexibility index (Phi) is 8.96. The first kappa shape index (κ1) is 23.8. The average molecular weight is 460 g/mol. The number of nitrogens with one attached hydrogen (secondary N) is 2. The molecule has 5 nitrogen and oxygen atoms in total. The van der Waals surface area contributed by atoms with Crippen LogP contribution in [0.15, 0.2) is 59.8 Å².